The Morgan fingerprint density at radius 2 is 0.889 bits per heavy atom. The fourth-order valence-electron chi connectivity index (χ4n) is 4.22. The van der Waals surface area contributed by atoms with Gasteiger partial charge < -0.3 is 9.80 Å². The van der Waals surface area contributed by atoms with Crippen LogP contribution in [-0.4, -0.2) is 29.1 Å². The first-order valence-electron chi connectivity index (χ1n) is 12.5. The van der Waals surface area contributed by atoms with Crippen LogP contribution in [0.1, 0.15) is 130 Å². The summed E-state index contributed by atoms with van der Waals surface area (Å²) in [5.41, 5.74) is 0. The summed E-state index contributed by atoms with van der Waals surface area (Å²) in [5, 5.41) is 0. The predicted molar refractivity (Wildman–Crippen MR) is 122 cm³/mol. The Morgan fingerprint density at radius 3 is 1.41 bits per heavy atom. The average Bonchev–Trinajstić information content (AvgIpc) is 3.06. The van der Waals surface area contributed by atoms with Gasteiger partial charge in [-0.15, -0.1) is 0 Å². The molecule has 0 bridgehead atoms. The van der Waals surface area contributed by atoms with Crippen LogP contribution in [0.15, 0.2) is 12.4 Å². The summed E-state index contributed by atoms with van der Waals surface area (Å²) in [4.78, 5) is 5.28. The van der Waals surface area contributed by atoms with Gasteiger partial charge in [-0.1, -0.05) is 104 Å². The van der Waals surface area contributed by atoms with E-state index in [1.165, 1.54) is 122 Å². The molecule has 0 aromatic carbocycles. The molecular weight excluding hydrogens is 328 g/mol. The summed E-state index contributed by atoms with van der Waals surface area (Å²) >= 11 is 0. The lowest BCUT2D eigenvalue weighted by Gasteiger charge is -2.33. The molecule has 2 nitrogen and oxygen atoms in total. The molecule has 0 radical (unpaired) electrons. The van der Waals surface area contributed by atoms with E-state index >= 15 is 0 Å². The van der Waals surface area contributed by atoms with E-state index in [0.717, 1.165) is 0 Å². The number of rotatable bonds is 19. The van der Waals surface area contributed by atoms with Crippen molar-refractivity contribution in [2.24, 2.45) is 0 Å². The highest BCUT2D eigenvalue weighted by Crippen LogP contribution is 2.23. The molecule has 1 unspecified atom stereocenters. The van der Waals surface area contributed by atoms with Crippen LogP contribution >= 0.6 is 0 Å². The highest BCUT2D eigenvalue weighted by molar-refractivity contribution is 4.96. The van der Waals surface area contributed by atoms with E-state index in [1.54, 1.807) is 0 Å². The molecule has 2 heteroatoms. The minimum Gasteiger partial charge on any atom is -0.356 e. The normalized spacial score (nSPS) is 16.6. The predicted octanol–water partition coefficient (Wildman–Crippen LogP) is 8.09. The summed E-state index contributed by atoms with van der Waals surface area (Å²) in [7, 11) is 0. The Morgan fingerprint density at radius 1 is 0.481 bits per heavy atom. The molecule has 0 aromatic heterocycles. The molecule has 0 aromatic rings. The monoisotopic (exact) mass is 378 g/mol. The van der Waals surface area contributed by atoms with E-state index in [2.05, 4.69) is 43.0 Å². The highest BCUT2D eigenvalue weighted by Gasteiger charge is 2.24. The first kappa shape index (κ1) is 24.4. The van der Waals surface area contributed by atoms with Crippen LogP contribution in [0.25, 0.3) is 0 Å². The summed E-state index contributed by atoms with van der Waals surface area (Å²) in [6, 6.07) is 0. The van der Waals surface area contributed by atoms with Crippen molar-refractivity contribution in [1.82, 2.24) is 9.80 Å². The van der Waals surface area contributed by atoms with Crippen molar-refractivity contribution in [3.05, 3.63) is 12.4 Å². The summed E-state index contributed by atoms with van der Waals surface area (Å²) in [6.07, 6.45) is 29.1. The molecule has 0 aliphatic carbocycles. The summed E-state index contributed by atoms with van der Waals surface area (Å²) < 4.78 is 0. The molecule has 1 rings (SSSR count). The quantitative estimate of drug-likeness (QED) is 0.209. The standard InChI is InChI=1S/C25H50N2/c1-4-7-10-12-14-16-18-20-25-26(21-9-6-3)23-24-27(25)22-19-17-15-13-11-8-5-2/h23-25H,4-22H2,1-3H3. The van der Waals surface area contributed by atoms with E-state index in [0.29, 0.717) is 6.17 Å². The van der Waals surface area contributed by atoms with Crippen LogP contribution in [0.4, 0.5) is 0 Å². The molecule has 0 N–H and O–H groups in total. The Balaban J connectivity index is 2.24. The fourth-order valence-corrected chi connectivity index (χ4v) is 4.22. The first-order valence-corrected chi connectivity index (χ1v) is 12.5. The Kier molecular flexibility index (Phi) is 15.7. The first-order chi connectivity index (χ1) is 13.3. The third kappa shape index (κ3) is 11.7. The second kappa shape index (κ2) is 17.4. The van der Waals surface area contributed by atoms with Gasteiger partial charge in [0.1, 0.15) is 6.17 Å². The smallest absolute Gasteiger partial charge is 0.101 e. The van der Waals surface area contributed by atoms with Crippen LogP contribution in [0.5, 0.6) is 0 Å². The number of unbranched alkanes of at least 4 members (excludes halogenated alkanes) is 13. The third-order valence-electron chi connectivity index (χ3n) is 6.07. The van der Waals surface area contributed by atoms with Crippen molar-refractivity contribution in [1.29, 1.82) is 0 Å². The van der Waals surface area contributed by atoms with Gasteiger partial charge in [-0.05, 0) is 25.7 Å². The van der Waals surface area contributed by atoms with Crippen LogP contribution in [0, 0.1) is 0 Å². The topological polar surface area (TPSA) is 6.48 Å². The van der Waals surface area contributed by atoms with Crippen molar-refractivity contribution >= 4 is 0 Å². The second-order valence-electron chi connectivity index (χ2n) is 8.64. The van der Waals surface area contributed by atoms with Crippen molar-refractivity contribution in [2.45, 2.75) is 136 Å². The van der Waals surface area contributed by atoms with Gasteiger partial charge in [0.2, 0.25) is 0 Å². The Hall–Kier alpha value is -0.660. The largest absolute Gasteiger partial charge is 0.356 e. The molecule has 27 heavy (non-hydrogen) atoms. The highest BCUT2D eigenvalue weighted by atomic mass is 15.4. The maximum atomic E-state index is 2.65. The zero-order valence-electron chi connectivity index (χ0n) is 19.1. The molecule has 0 fully saturated rings. The van der Waals surface area contributed by atoms with Crippen LogP contribution in [-0.2, 0) is 0 Å². The maximum absolute atomic E-state index is 2.65. The van der Waals surface area contributed by atoms with Gasteiger partial charge in [0, 0.05) is 25.5 Å². The molecule has 1 aliphatic heterocycles. The lowest BCUT2D eigenvalue weighted by molar-refractivity contribution is 0.136. The Bertz CT molecular complexity index is 339. The molecule has 0 saturated carbocycles. The Labute approximate surface area is 171 Å². The van der Waals surface area contributed by atoms with E-state index in [1.807, 2.05) is 0 Å². The molecular formula is C25H50N2. The molecule has 0 spiro atoms. The van der Waals surface area contributed by atoms with Gasteiger partial charge in [-0.25, -0.2) is 0 Å². The summed E-state index contributed by atoms with van der Waals surface area (Å²) in [6.45, 7) is 9.41. The van der Waals surface area contributed by atoms with Crippen molar-refractivity contribution < 1.29 is 0 Å². The number of nitrogens with zero attached hydrogens (tertiary/aromatic N) is 2. The lowest BCUT2D eigenvalue weighted by Crippen LogP contribution is -2.39. The van der Waals surface area contributed by atoms with Crippen molar-refractivity contribution in [3.8, 4) is 0 Å². The SMILES string of the molecule is CCCCCCCCCC1N(CCCC)C=CN1CCCCCCCCC. The maximum Gasteiger partial charge on any atom is 0.101 e. The van der Waals surface area contributed by atoms with Gasteiger partial charge in [0.25, 0.3) is 0 Å². The van der Waals surface area contributed by atoms with E-state index in [4.69, 9.17) is 0 Å². The second-order valence-corrected chi connectivity index (χ2v) is 8.64. The molecule has 0 amide bonds. The van der Waals surface area contributed by atoms with Gasteiger partial charge in [-0.3, -0.25) is 0 Å². The third-order valence-corrected chi connectivity index (χ3v) is 6.07. The number of hydrogen-bond acceptors (Lipinski definition) is 2. The zero-order valence-corrected chi connectivity index (χ0v) is 19.1. The van der Waals surface area contributed by atoms with Gasteiger partial charge in [0.15, 0.2) is 0 Å². The molecule has 1 atom stereocenters. The van der Waals surface area contributed by atoms with E-state index in [9.17, 15) is 0 Å². The van der Waals surface area contributed by atoms with Crippen molar-refractivity contribution in [3.63, 3.8) is 0 Å². The van der Waals surface area contributed by atoms with Crippen LogP contribution < -0.4 is 0 Å². The molecule has 1 heterocycles. The summed E-state index contributed by atoms with van der Waals surface area (Å²) in [5.74, 6) is 0. The number of hydrogen-bond donors (Lipinski definition) is 0. The molecule has 0 saturated heterocycles. The van der Waals surface area contributed by atoms with E-state index in [-0.39, 0.29) is 0 Å². The average molecular weight is 379 g/mol. The minimum absolute atomic E-state index is 0.646. The minimum atomic E-state index is 0.646. The molecule has 160 valence electrons. The van der Waals surface area contributed by atoms with Crippen molar-refractivity contribution in [2.75, 3.05) is 13.1 Å². The lowest BCUT2D eigenvalue weighted by atomic mass is 10.1. The fraction of sp³-hybridized carbons (Fsp3) is 0.920. The van der Waals surface area contributed by atoms with Gasteiger partial charge in [-0.2, -0.15) is 0 Å². The van der Waals surface area contributed by atoms with Gasteiger partial charge >= 0.3 is 0 Å². The van der Waals surface area contributed by atoms with E-state index < -0.39 is 0 Å². The molecule has 1 aliphatic rings. The van der Waals surface area contributed by atoms with Crippen LogP contribution in [0.2, 0.25) is 0 Å². The zero-order chi connectivity index (χ0) is 19.6. The van der Waals surface area contributed by atoms with Gasteiger partial charge in [0.05, 0.1) is 0 Å². The van der Waals surface area contributed by atoms with Crippen LogP contribution in [0.3, 0.4) is 0 Å².